The number of anilines is 2. The number of para-hydroxylation sites is 2. The number of thioether (sulfide) groups is 1. The van der Waals surface area contributed by atoms with Crippen LogP contribution < -0.4 is 15.0 Å². The highest BCUT2D eigenvalue weighted by Gasteiger charge is 2.40. The minimum absolute atomic E-state index is 0.162. The molecule has 1 heterocycles. The zero-order chi connectivity index (χ0) is 22.0. The average molecular weight is 471 g/mol. The van der Waals surface area contributed by atoms with Gasteiger partial charge in [0.15, 0.2) is 0 Å². The minimum Gasteiger partial charge on any atom is -0.495 e. The van der Waals surface area contributed by atoms with E-state index in [4.69, 9.17) is 27.9 Å². The molecule has 0 saturated carbocycles. The van der Waals surface area contributed by atoms with Gasteiger partial charge in [-0.25, -0.2) is 4.90 Å². The number of hydrogen-bond acceptors (Lipinski definition) is 5. The van der Waals surface area contributed by atoms with Gasteiger partial charge in [0.1, 0.15) is 16.4 Å². The van der Waals surface area contributed by atoms with E-state index in [1.165, 1.54) is 24.9 Å². The zero-order valence-corrected chi connectivity index (χ0v) is 18.6. The Morgan fingerprint density at radius 2 is 1.58 bits per heavy atom. The van der Waals surface area contributed by atoms with Crippen molar-refractivity contribution in [3.8, 4) is 5.75 Å². The fraction of sp³-hybridized carbons (Fsp3) is 0.0435. The first-order valence-corrected chi connectivity index (χ1v) is 10.8. The van der Waals surface area contributed by atoms with E-state index >= 15 is 0 Å². The molecule has 31 heavy (non-hydrogen) atoms. The van der Waals surface area contributed by atoms with Crippen molar-refractivity contribution in [1.82, 2.24) is 0 Å². The lowest BCUT2D eigenvalue weighted by atomic mass is 10.2. The largest absolute Gasteiger partial charge is 0.495 e. The Bertz CT molecular complexity index is 1200. The fourth-order valence-electron chi connectivity index (χ4n) is 3.06. The Morgan fingerprint density at radius 3 is 2.29 bits per heavy atom. The second-order valence-corrected chi connectivity index (χ2v) is 8.39. The van der Waals surface area contributed by atoms with E-state index < -0.39 is 11.8 Å². The number of benzene rings is 3. The quantitative estimate of drug-likeness (QED) is 0.448. The normalized spacial score (nSPS) is 13.7. The molecular formula is C23H16Cl2N2O3S. The van der Waals surface area contributed by atoms with Crippen molar-refractivity contribution in [3.63, 3.8) is 0 Å². The van der Waals surface area contributed by atoms with Gasteiger partial charge in [-0.2, -0.15) is 0 Å². The second-order valence-electron chi connectivity index (χ2n) is 6.49. The van der Waals surface area contributed by atoms with Gasteiger partial charge in [-0.1, -0.05) is 65.3 Å². The molecular weight excluding hydrogens is 455 g/mol. The molecule has 4 rings (SSSR count). The monoisotopic (exact) mass is 470 g/mol. The van der Waals surface area contributed by atoms with Gasteiger partial charge in [0.2, 0.25) is 0 Å². The minimum atomic E-state index is -0.493. The Morgan fingerprint density at radius 1 is 0.871 bits per heavy atom. The number of rotatable bonds is 6. The van der Waals surface area contributed by atoms with E-state index in [-0.39, 0.29) is 15.6 Å². The molecule has 0 atom stereocenters. The van der Waals surface area contributed by atoms with Crippen molar-refractivity contribution < 1.29 is 14.3 Å². The molecule has 3 aromatic carbocycles. The van der Waals surface area contributed by atoms with E-state index in [1.54, 1.807) is 24.3 Å². The maximum atomic E-state index is 13.4. The number of hydrogen-bond donors (Lipinski definition) is 1. The lowest BCUT2D eigenvalue weighted by Crippen LogP contribution is -2.32. The molecule has 1 aliphatic heterocycles. The summed E-state index contributed by atoms with van der Waals surface area (Å²) in [6.07, 6.45) is 0. The number of nitrogens with zero attached hydrogens (tertiary/aromatic N) is 1. The van der Waals surface area contributed by atoms with Crippen molar-refractivity contribution in [2.24, 2.45) is 0 Å². The number of ether oxygens (including phenoxy) is 1. The van der Waals surface area contributed by atoms with Crippen LogP contribution in [-0.4, -0.2) is 18.9 Å². The number of carbonyl (C=O) groups excluding carboxylic acids is 2. The predicted octanol–water partition coefficient (Wildman–Crippen LogP) is 5.99. The van der Waals surface area contributed by atoms with Crippen LogP contribution >= 0.6 is 35.0 Å². The molecule has 1 aliphatic rings. The summed E-state index contributed by atoms with van der Waals surface area (Å²) in [5, 5.41) is 3.69. The summed E-state index contributed by atoms with van der Waals surface area (Å²) in [6, 6.07) is 21.2. The van der Waals surface area contributed by atoms with Crippen LogP contribution in [0, 0.1) is 0 Å². The van der Waals surface area contributed by atoms with Gasteiger partial charge in [-0.15, -0.1) is 0 Å². The number of methoxy groups -OCH3 is 1. The summed E-state index contributed by atoms with van der Waals surface area (Å²) in [5.41, 5.74) is 1.07. The van der Waals surface area contributed by atoms with Crippen molar-refractivity contribution in [2.75, 3.05) is 17.3 Å². The van der Waals surface area contributed by atoms with Crippen LogP contribution in [0.1, 0.15) is 0 Å². The molecule has 8 heteroatoms. The molecule has 0 aliphatic carbocycles. The van der Waals surface area contributed by atoms with Gasteiger partial charge in [0.25, 0.3) is 11.8 Å². The summed E-state index contributed by atoms with van der Waals surface area (Å²) in [7, 11) is 1.54. The summed E-state index contributed by atoms with van der Waals surface area (Å²) in [5.74, 6) is -0.394. The van der Waals surface area contributed by atoms with Crippen LogP contribution in [0.3, 0.4) is 0 Å². The molecule has 1 N–H and O–H groups in total. The van der Waals surface area contributed by atoms with Crippen LogP contribution in [0.4, 0.5) is 11.4 Å². The SMILES string of the molecule is COc1ccccc1NC1=C(Sc2ccccc2)C(=O)N(c2ccc(Cl)c(Cl)c2)C1=O. The maximum Gasteiger partial charge on any atom is 0.283 e. The van der Waals surface area contributed by atoms with Crippen molar-refractivity contribution in [3.05, 3.63) is 93.4 Å². The third-order valence-corrected chi connectivity index (χ3v) is 6.36. The van der Waals surface area contributed by atoms with Gasteiger partial charge >= 0.3 is 0 Å². The zero-order valence-electron chi connectivity index (χ0n) is 16.3. The Labute approximate surface area is 193 Å². The molecule has 2 amide bonds. The average Bonchev–Trinajstić information content (AvgIpc) is 3.01. The molecule has 0 radical (unpaired) electrons. The molecule has 0 spiro atoms. The molecule has 0 aromatic heterocycles. The summed E-state index contributed by atoms with van der Waals surface area (Å²) >= 11 is 13.3. The van der Waals surface area contributed by atoms with Crippen LogP contribution in [0.2, 0.25) is 10.0 Å². The van der Waals surface area contributed by atoms with Gasteiger partial charge in [-0.05, 0) is 42.5 Å². The van der Waals surface area contributed by atoms with Crippen molar-refractivity contribution in [2.45, 2.75) is 4.90 Å². The topological polar surface area (TPSA) is 58.6 Å². The number of carbonyl (C=O) groups is 2. The third kappa shape index (κ3) is 4.28. The van der Waals surface area contributed by atoms with Crippen LogP contribution in [-0.2, 0) is 9.59 Å². The lowest BCUT2D eigenvalue weighted by molar-refractivity contribution is -0.120. The summed E-state index contributed by atoms with van der Waals surface area (Å²) in [4.78, 5) is 28.9. The highest BCUT2D eigenvalue weighted by Crippen LogP contribution is 2.39. The first kappa shape index (κ1) is 21.3. The molecule has 0 fully saturated rings. The summed E-state index contributed by atoms with van der Waals surface area (Å²) < 4.78 is 5.38. The van der Waals surface area contributed by atoms with Gasteiger partial charge < -0.3 is 10.1 Å². The number of amides is 2. The van der Waals surface area contributed by atoms with Crippen LogP contribution in [0.5, 0.6) is 5.75 Å². The highest BCUT2D eigenvalue weighted by atomic mass is 35.5. The number of halogens is 2. The molecule has 0 saturated heterocycles. The van der Waals surface area contributed by atoms with E-state index in [0.29, 0.717) is 22.1 Å². The number of imide groups is 1. The standard InChI is InChI=1S/C23H16Cl2N2O3S/c1-30-19-10-6-5-9-18(19)26-20-21(31-15-7-3-2-4-8-15)23(29)27(22(20)28)14-11-12-16(24)17(25)13-14/h2-13,26H,1H3. The van der Waals surface area contributed by atoms with Crippen LogP contribution in [0.25, 0.3) is 0 Å². The van der Waals surface area contributed by atoms with Crippen molar-refractivity contribution in [1.29, 1.82) is 0 Å². The predicted molar refractivity (Wildman–Crippen MR) is 125 cm³/mol. The molecule has 5 nitrogen and oxygen atoms in total. The Hall–Kier alpha value is -2.93. The lowest BCUT2D eigenvalue weighted by Gasteiger charge is -2.16. The first-order chi connectivity index (χ1) is 15.0. The number of nitrogens with one attached hydrogen (secondary N) is 1. The molecule has 156 valence electrons. The third-order valence-electron chi connectivity index (χ3n) is 4.53. The molecule has 0 unspecified atom stereocenters. The van der Waals surface area contributed by atoms with E-state index in [2.05, 4.69) is 5.32 Å². The van der Waals surface area contributed by atoms with E-state index in [0.717, 1.165) is 9.80 Å². The Balaban J connectivity index is 1.77. The van der Waals surface area contributed by atoms with Crippen LogP contribution in [0.15, 0.2) is 88.3 Å². The smallest absolute Gasteiger partial charge is 0.283 e. The molecule has 3 aromatic rings. The first-order valence-electron chi connectivity index (χ1n) is 9.20. The van der Waals surface area contributed by atoms with Crippen molar-refractivity contribution >= 4 is 58.2 Å². The van der Waals surface area contributed by atoms with E-state index in [9.17, 15) is 9.59 Å². The van der Waals surface area contributed by atoms with Gasteiger partial charge in [0, 0.05) is 4.90 Å². The highest BCUT2D eigenvalue weighted by molar-refractivity contribution is 8.04. The maximum absolute atomic E-state index is 13.4. The Kier molecular flexibility index (Phi) is 6.23. The van der Waals surface area contributed by atoms with Gasteiger partial charge in [0.05, 0.1) is 28.5 Å². The fourth-order valence-corrected chi connectivity index (χ4v) is 4.30. The second kappa shape index (κ2) is 9.06. The van der Waals surface area contributed by atoms with E-state index in [1.807, 2.05) is 42.5 Å². The van der Waals surface area contributed by atoms with Gasteiger partial charge in [-0.3, -0.25) is 9.59 Å². The summed E-state index contributed by atoms with van der Waals surface area (Å²) in [6.45, 7) is 0. The molecule has 0 bridgehead atoms.